The van der Waals surface area contributed by atoms with Crippen LogP contribution in [0, 0.1) is 0 Å². The molecule has 1 fully saturated rings. The lowest BCUT2D eigenvalue weighted by Crippen LogP contribution is -2.38. The fourth-order valence-electron chi connectivity index (χ4n) is 3.86. The fraction of sp³-hybridized carbons (Fsp3) is 0.357. The molecule has 190 valence electrons. The van der Waals surface area contributed by atoms with Crippen molar-refractivity contribution < 1.29 is 33.3 Å². The first-order chi connectivity index (χ1) is 17.6. The van der Waals surface area contributed by atoms with E-state index in [0.29, 0.717) is 42.8 Å². The van der Waals surface area contributed by atoms with E-state index in [1.807, 2.05) is 24.3 Å². The summed E-state index contributed by atoms with van der Waals surface area (Å²) in [5.74, 6) is 2.05. The topological polar surface area (TPSA) is 83.5 Å². The van der Waals surface area contributed by atoms with Crippen LogP contribution in [0.1, 0.15) is 17.5 Å². The summed E-state index contributed by atoms with van der Waals surface area (Å²) in [6.45, 7) is 5.77. The second kappa shape index (κ2) is 12.9. The number of hydrogen-bond acceptors (Lipinski definition) is 8. The van der Waals surface area contributed by atoms with Crippen LogP contribution in [0.15, 0.2) is 48.6 Å². The first-order valence-corrected chi connectivity index (χ1v) is 12.0. The highest BCUT2D eigenvalue weighted by molar-refractivity contribution is 6.11. The molecular formula is C28H31NO7. The van der Waals surface area contributed by atoms with E-state index in [4.69, 9.17) is 23.7 Å². The highest BCUT2D eigenvalue weighted by Crippen LogP contribution is 2.31. The van der Waals surface area contributed by atoms with Gasteiger partial charge >= 0.3 is 0 Å². The van der Waals surface area contributed by atoms with Gasteiger partial charge in [-0.05, 0) is 48.1 Å². The molecule has 2 heterocycles. The summed E-state index contributed by atoms with van der Waals surface area (Å²) >= 11 is 0. The molecule has 0 bridgehead atoms. The van der Waals surface area contributed by atoms with Crippen molar-refractivity contribution in [3.8, 4) is 23.0 Å². The van der Waals surface area contributed by atoms with Crippen LogP contribution in [0.2, 0.25) is 0 Å². The number of fused-ring (bicyclic) bond motifs is 1. The maximum atomic E-state index is 12.3. The van der Waals surface area contributed by atoms with Gasteiger partial charge in [-0.2, -0.15) is 0 Å². The summed E-state index contributed by atoms with van der Waals surface area (Å²) in [6, 6.07) is 10.9. The van der Waals surface area contributed by atoms with Gasteiger partial charge in [0.15, 0.2) is 23.1 Å². The minimum atomic E-state index is -0.292. The maximum Gasteiger partial charge on any atom is 0.163 e. The van der Waals surface area contributed by atoms with Crippen molar-refractivity contribution in [2.45, 2.75) is 6.42 Å². The molecule has 36 heavy (non-hydrogen) atoms. The average Bonchev–Trinajstić information content (AvgIpc) is 2.91. The Balaban J connectivity index is 1.26. The van der Waals surface area contributed by atoms with E-state index in [-0.39, 0.29) is 18.0 Å². The van der Waals surface area contributed by atoms with Gasteiger partial charge in [0.2, 0.25) is 0 Å². The van der Waals surface area contributed by atoms with Gasteiger partial charge in [0.05, 0.1) is 26.7 Å². The summed E-state index contributed by atoms with van der Waals surface area (Å²) in [6.07, 6.45) is 5.89. The standard InChI is InChI=1S/C28H31NO7/c1-32-27-20-25(34-15-12-29-10-13-33-14-11-29)8-5-22(27)4-7-24(31)19-23(30)6-2-21-3-9-26-28(18-21)36-17-16-35-26/h2-9,18,20H,10-17,19H2,1H3. The molecule has 1 saturated heterocycles. The van der Waals surface area contributed by atoms with Crippen LogP contribution in [-0.4, -0.2) is 76.2 Å². The Morgan fingerprint density at radius 3 is 2.44 bits per heavy atom. The lowest BCUT2D eigenvalue weighted by molar-refractivity contribution is -0.121. The van der Waals surface area contributed by atoms with Crippen LogP contribution in [0.4, 0.5) is 0 Å². The zero-order valence-corrected chi connectivity index (χ0v) is 20.4. The van der Waals surface area contributed by atoms with Gasteiger partial charge < -0.3 is 23.7 Å². The van der Waals surface area contributed by atoms with E-state index >= 15 is 0 Å². The zero-order chi connectivity index (χ0) is 25.2. The van der Waals surface area contributed by atoms with Crippen molar-refractivity contribution >= 4 is 23.7 Å². The Morgan fingerprint density at radius 2 is 1.67 bits per heavy atom. The highest BCUT2D eigenvalue weighted by Gasteiger charge is 2.12. The van der Waals surface area contributed by atoms with Gasteiger partial charge in [0, 0.05) is 31.3 Å². The van der Waals surface area contributed by atoms with Crippen molar-refractivity contribution in [2.24, 2.45) is 0 Å². The maximum absolute atomic E-state index is 12.3. The molecule has 2 aromatic rings. The summed E-state index contributed by atoms with van der Waals surface area (Å²) < 4.78 is 27.7. The summed E-state index contributed by atoms with van der Waals surface area (Å²) in [5, 5.41) is 0. The second-order valence-electron chi connectivity index (χ2n) is 8.39. The van der Waals surface area contributed by atoms with Crippen LogP contribution < -0.4 is 18.9 Å². The highest BCUT2D eigenvalue weighted by atomic mass is 16.6. The monoisotopic (exact) mass is 493 g/mol. The van der Waals surface area contributed by atoms with Gasteiger partial charge in [-0.3, -0.25) is 14.5 Å². The quantitative estimate of drug-likeness (QED) is 0.348. The van der Waals surface area contributed by atoms with Crippen molar-refractivity contribution in [2.75, 3.05) is 59.8 Å². The SMILES string of the molecule is COc1cc(OCCN2CCOCC2)ccc1C=CC(=O)CC(=O)C=Cc1ccc2c(c1)OCCO2. The number of hydrogen-bond donors (Lipinski definition) is 0. The molecule has 2 aliphatic heterocycles. The van der Waals surface area contributed by atoms with Crippen LogP contribution in [0.3, 0.4) is 0 Å². The molecule has 0 aromatic heterocycles. The summed E-state index contributed by atoms with van der Waals surface area (Å²) in [5.41, 5.74) is 1.53. The molecule has 8 heteroatoms. The van der Waals surface area contributed by atoms with Crippen LogP contribution >= 0.6 is 0 Å². The summed E-state index contributed by atoms with van der Waals surface area (Å²) in [4.78, 5) is 26.9. The van der Waals surface area contributed by atoms with Crippen LogP contribution in [0.25, 0.3) is 12.2 Å². The van der Waals surface area contributed by atoms with Crippen molar-refractivity contribution in [3.63, 3.8) is 0 Å². The minimum Gasteiger partial charge on any atom is -0.496 e. The van der Waals surface area contributed by atoms with Crippen molar-refractivity contribution in [3.05, 3.63) is 59.7 Å². The number of benzene rings is 2. The van der Waals surface area contributed by atoms with Gasteiger partial charge in [0.1, 0.15) is 31.3 Å². The smallest absolute Gasteiger partial charge is 0.163 e. The Hall–Kier alpha value is -3.62. The van der Waals surface area contributed by atoms with Gasteiger partial charge in [0.25, 0.3) is 0 Å². The number of morpholine rings is 1. The molecule has 0 aliphatic carbocycles. The lowest BCUT2D eigenvalue weighted by Gasteiger charge is -2.26. The number of rotatable bonds is 11. The van der Waals surface area contributed by atoms with Crippen LogP contribution in [-0.2, 0) is 14.3 Å². The predicted octanol–water partition coefficient (Wildman–Crippen LogP) is 3.43. The Labute approximate surface area is 211 Å². The van der Waals surface area contributed by atoms with E-state index in [0.717, 1.165) is 44.0 Å². The van der Waals surface area contributed by atoms with E-state index < -0.39 is 0 Å². The first-order valence-electron chi connectivity index (χ1n) is 12.0. The van der Waals surface area contributed by atoms with Crippen molar-refractivity contribution in [1.82, 2.24) is 4.90 Å². The molecule has 0 N–H and O–H groups in total. The number of nitrogens with zero attached hydrogens (tertiary/aromatic N) is 1. The molecule has 2 aliphatic rings. The van der Waals surface area contributed by atoms with E-state index in [1.54, 1.807) is 31.4 Å². The molecular weight excluding hydrogens is 462 g/mol. The molecule has 8 nitrogen and oxygen atoms in total. The van der Waals surface area contributed by atoms with E-state index in [9.17, 15) is 9.59 Å². The zero-order valence-electron chi connectivity index (χ0n) is 20.4. The Morgan fingerprint density at radius 1 is 0.917 bits per heavy atom. The molecule has 0 atom stereocenters. The fourth-order valence-corrected chi connectivity index (χ4v) is 3.86. The number of carbonyl (C=O) groups excluding carboxylic acids is 2. The molecule has 0 amide bonds. The largest absolute Gasteiger partial charge is 0.496 e. The predicted molar refractivity (Wildman–Crippen MR) is 136 cm³/mol. The number of carbonyl (C=O) groups is 2. The first kappa shape index (κ1) is 25.5. The molecule has 0 unspecified atom stereocenters. The number of allylic oxidation sites excluding steroid dienone is 2. The third-order valence-corrected chi connectivity index (χ3v) is 5.81. The second-order valence-corrected chi connectivity index (χ2v) is 8.39. The van der Waals surface area contributed by atoms with Crippen molar-refractivity contribution in [1.29, 1.82) is 0 Å². The Bertz CT molecular complexity index is 1120. The van der Waals surface area contributed by atoms with Gasteiger partial charge in [-0.25, -0.2) is 0 Å². The normalized spacial score (nSPS) is 15.8. The third kappa shape index (κ3) is 7.44. The number of ketones is 2. The van der Waals surface area contributed by atoms with Gasteiger partial charge in [-0.1, -0.05) is 12.1 Å². The van der Waals surface area contributed by atoms with E-state index in [1.165, 1.54) is 12.2 Å². The van der Waals surface area contributed by atoms with Crippen LogP contribution in [0.5, 0.6) is 23.0 Å². The van der Waals surface area contributed by atoms with Gasteiger partial charge in [-0.15, -0.1) is 0 Å². The Kier molecular flexibility index (Phi) is 9.13. The van der Waals surface area contributed by atoms with E-state index in [2.05, 4.69) is 4.90 Å². The summed E-state index contributed by atoms with van der Waals surface area (Å²) in [7, 11) is 1.57. The third-order valence-electron chi connectivity index (χ3n) is 5.81. The minimum absolute atomic E-state index is 0.220. The molecule has 4 rings (SSSR count). The molecule has 2 aromatic carbocycles. The average molecular weight is 494 g/mol. The lowest BCUT2D eigenvalue weighted by atomic mass is 10.1. The number of methoxy groups -OCH3 is 1. The molecule has 0 spiro atoms. The molecule has 0 saturated carbocycles. The number of ether oxygens (including phenoxy) is 5. The molecule has 0 radical (unpaired) electrons.